The van der Waals surface area contributed by atoms with E-state index in [1.54, 1.807) is 13.8 Å². The summed E-state index contributed by atoms with van der Waals surface area (Å²) in [5.74, 6) is -1.33. The van der Waals surface area contributed by atoms with Gasteiger partial charge in [-0.1, -0.05) is 0 Å². The third kappa shape index (κ3) is 2.61. The highest BCUT2D eigenvalue weighted by Gasteiger charge is 2.19. The zero-order chi connectivity index (χ0) is 14.9. The highest BCUT2D eigenvalue weighted by atomic mass is 16.4. The first-order valence-electron chi connectivity index (χ1n) is 5.76. The van der Waals surface area contributed by atoms with E-state index in [2.05, 4.69) is 10.3 Å². The molecule has 0 aliphatic rings. The lowest BCUT2D eigenvalue weighted by atomic mass is 10.1. The minimum atomic E-state index is -1.16. The van der Waals surface area contributed by atoms with E-state index in [9.17, 15) is 9.59 Å². The monoisotopic (exact) mass is 275 g/mol. The number of hydrogen-bond acceptors (Lipinski definition) is 5. The summed E-state index contributed by atoms with van der Waals surface area (Å²) in [4.78, 5) is 27.1. The van der Waals surface area contributed by atoms with Crippen molar-refractivity contribution in [1.82, 2.24) is 4.98 Å². The van der Waals surface area contributed by atoms with Crippen LogP contribution < -0.4 is 11.1 Å². The van der Waals surface area contributed by atoms with Crippen molar-refractivity contribution in [3.8, 4) is 0 Å². The molecule has 2 rings (SSSR count). The number of anilines is 2. The highest BCUT2D eigenvalue weighted by molar-refractivity contribution is 6.07. The third-order valence-electron chi connectivity index (χ3n) is 2.63. The van der Waals surface area contributed by atoms with Gasteiger partial charge in [-0.05, 0) is 25.1 Å². The van der Waals surface area contributed by atoms with Crippen molar-refractivity contribution >= 4 is 23.3 Å². The summed E-state index contributed by atoms with van der Waals surface area (Å²) < 4.78 is 5.18. The van der Waals surface area contributed by atoms with Crippen molar-refractivity contribution < 1.29 is 19.1 Å². The van der Waals surface area contributed by atoms with Gasteiger partial charge in [0.2, 0.25) is 5.76 Å². The van der Waals surface area contributed by atoms with Gasteiger partial charge in [0, 0.05) is 12.6 Å². The van der Waals surface area contributed by atoms with Crippen molar-refractivity contribution in [1.29, 1.82) is 0 Å². The summed E-state index contributed by atoms with van der Waals surface area (Å²) in [6.45, 7) is 3.25. The molecule has 0 unspecified atom stereocenters. The lowest BCUT2D eigenvalue weighted by Crippen LogP contribution is -2.15. The maximum atomic E-state index is 12.1. The zero-order valence-electron chi connectivity index (χ0n) is 10.9. The van der Waals surface area contributed by atoms with Crippen molar-refractivity contribution in [2.75, 3.05) is 11.1 Å². The minimum Gasteiger partial charge on any atom is -0.478 e. The zero-order valence-corrected chi connectivity index (χ0v) is 10.9. The summed E-state index contributed by atoms with van der Waals surface area (Å²) in [6.07, 6.45) is 0. The number of carbonyl (C=O) groups is 2. The number of nitrogens with one attached hydrogen (secondary N) is 1. The van der Waals surface area contributed by atoms with E-state index in [-0.39, 0.29) is 17.0 Å². The molecule has 104 valence electrons. The Labute approximate surface area is 114 Å². The van der Waals surface area contributed by atoms with Crippen LogP contribution in [0.15, 0.2) is 22.6 Å². The van der Waals surface area contributed by atoms with Crippen LogP contribution in [0.4, 0.5) is 11.4 Å². The maximum absolute atomic E-state index is 12.1. The Balaban J connectivity index is 2.34. The number of aromatic carboxylic acids is 1. The molecule has 4 N–H and O–H groups in total. The summed E-state index contributed by atoms with van der Waals surface area (Å²) >= 11 is 0. The second-order valence-electron chi connectivity index (χ2n) is 4.21. The molecule has 20 heavy (non-hydrogen) atoms. The third-order valence-corrected chi connectivity index (χ3v) is 2.63. The van der Waals surface area contributed by atoms with Crippen molar-refractivity contribution in [2.24, 2.45) is 0 Å². The van der Waals surface area contributed by atoms with Crippen LogP contribution in [0.3, 0.4) is 0 Å². The van der Waals surface area contributed by atoms with Crippen molar-refractivity contribution in [3.63, 3.8) is 0 Å². The fourth-order valence-electron chi connectivity index (χ4n) is 1.77. The van der Waals surface area contributed by atoms with Gasteiger partial charge in [0.15, 0.2) is 5.89 Å². The molecule has 0 saturated carbocycles. The molecule has 0 saturated heterocycles. The van der Waals surface area contributed by atoms with Crippen LogP contribution in [-0.2, 0) is 0 Å². The normalized spacial score (nSPS) is 10.3. The number of aromatic nitrogens is 1. The average molecular weight is 275 g/mol. The van der Waals surface area contributed by atoms with Crippen LogP contribution in [0.1, 0.15) is 32.5 Å². The van der Waals surface area contributed by atoms with E-state index in [4.69, 9.17) is 15.3 Å². The minimum absolute atomic E-state index is 0.0428. The standard InChI is InChI=1S/C13H13N3O4/c1-6-11(20-7(2)15-6)12(17)16-10-5-8(14)3-4-9(10)13(18)19/h3-5H,14H2,1-2H3,(H,16,17)(H,18,19). The number of carbonyl (C=O) groups excluding carboxylic acids is 1. The molecule has 0 spiro atoms. The number of benzene rings is 1. The number of nitrogens with two attached hydrogens (primary N) is 1. The molecule has 1 amide bonds. The molecular weight excluding hydrogens is 262 g/mol. The molecule has 0 aliphatic carbocycles. The fraction of sp³-hybridized carbons (Fsp3) is 0.154. The van der Waals surface area contributed by atoms with Gasteiger partial charge in [0.25, 0.3) is 5.91 Å². The number of amides is 1. The quantitative estimate of drug-likeness (QED) is 0.735. The Kier molecular flexibility index (Phi) is 3.43. The molecule has 7 nitrogen and oxygen atoms in total. The molecule has 0 bridgehead atoms. The van der Waals surface area contributed by atoms with Crippen LogP contribution in [0.25, 0.3) is 0 Å². The predicted molar refractivity (Wildman–Crippen MR) is 71.7 cm³/mol. The van der Waals surface area contributed by atoms with Crippen molar-refractivity contribution in [2.45, 2.75) is 13.8 Å². The van der Waals surface area contributed by atoms with E-state index in [1.807, 2.05) is 0 Å². The Morgan fingerprint density at radius 1 is 1.35 bits per heavy atom. The van der Waals surface area contributed by atoms with Crippen LogP contribution in [-0.4, -0.2) is 22.0 Å². The van der Waals surface area contributed by atoms with Gasteiger partial charge < -0.3 is 20.6 Å². The molecular formula is C13H13N3O4. The number of rotatable bonds is 3. The molecule has 0 radical (unpaired) electrons. The number of nitrogens with zero attached hydrogens (tertiary/aromatic N) is 1. The first kappa shape index (κ1) is 13.6. The van der Waals surface area contributed by atoms with E-state index < -0.39 is 11.9 Å². The van der Waals surface area contributed by atoms with Gasteiger partial charge in [0.1, 0.15) is 0 Å². The number of oxazole rings is 1. The summed E-state index contributed by atoms with van der Waals surface area (Å²) in [7, 11) is 0. The largest absolute Gasteiger partial charge is 0.478 e. The van der Waals surface area contributed by atoms with Gasteiger partial charge in [-0.2, -0.15) is 0 Å². The molecule has 0 aliphatic heterocycles. The predicted octanol–water partition coefficient (Wildman–Crippen LogP) is 1.82. The van der Waals surface area contributed by atoms with Gasteiger partial charge in [-0.25, -0.2) is 9.78 Å². The number of aryl methyl sites for hydroxylation is 2. The topological polar surface area (TPSA) is 118 Å². The lowest BCUT2D eigenvalue weighted by Gasteiger charge is -2.08. The van der Waals surface area contributed by atoms with Crippen LogP contribution in [0, 0.1) is 13.8 Å². The van der Waals surface area contributed by atoms with Crippen LogP contribution in [0.2, 0.25) is 0 Å². The number of nitrogen functional groups attached to an aromatic ring is 1. The van der Waals surface area contributed by atoms with E-state index in [0.717, 1.165) is 0 Å². The molecule has 7 heteroatoms. The first-order valence-corrected chi connectivity index (χ1v) is 5.76. The van der Waals surface area contributed by atoms with Gasteiger partial charge in [0.05, 0.1) is 16.9 Å². The Hall–Kier alpha value is -2.83. The highest BCUT2D eigenvalue weighted by Crippen LogP contribution is 2.21. The van der Waals surface area contributed by atoms with Gasteiger partial charge in [-0.15, -0.1) is 0 Å². The van der Waals surface area contributed by atoms with Gasteiger partial charge >= 0.3 is 5.97 Å². The number of hydrogen-bond donors (Lipinski definition) is 3. The SMILES string of the molecule is Cc1nc(C)c(C(=O)Nc2cc(N)ccc2C(=O)O)o1. The summed E-state index contributed by atoms with van der Waals surface area (Å²) in [5, 5.41) is 11.5. The fourth-order valence-corrected chi connectivity index (χ4v) is 1.77. The second kappa shape index (κ2) is 5.04. The molecule has 1 heterocycles. The van der Waals surface area contributed by atoms with Crippen molar-refractivity contribution in [3.05, 3.63) is 41.1 Å². The Bertz CT molecular complexity index is 691. The average Bonchev–Trinajstić information content (AvgIpc) is 2.68. The first-order chi connectivity index (χ1) is 9.38. The molecule has 1 aromatic carbocycles. The number of carboxylic acid groups (broad SMARTS) is 1. The van der Waals surface area contributed by atoms with Crippen LogP contribution >= 0.6 is 0 Å². The summed E-state index contributed by atoms with van der Waals surface area (Å²) in [6, 6.07) is 4.15. The Morgan fingerprint density at radius 3 is 2.60 bits per heavy atom. The van der Waals surface area contributed by atoms with Gasteiger partial charge in [-0.3, -0.25) is 4.79 Å². The molecule has 1 aromatic heterocycles. The number of carboxylic acids is 1. The lowest BCUT2D eigenvalue weighted by molar-refractivity contribution is 0.0698. The van der Waals surface area contributed by atoms with Crippen LogP contribution in [0.5, 0.6) is 0 Å². The van der Waals surface area contributed by atoms with E-state index >= 15 is 0 Å². The molecule has 0 atom stereocenters. The van der Waals surface area contributed by atoms with E-state index in [1.165, 1.54) is 18.2 Å². The Morgan fingerprint density at radius 2 is 2.05 bits per heavy atom. The molecule has 2 aromatic rings. The van der Waals surface area contributed by atoms with E-state index in [0.29, 0.717) is 17.3 Å². The second-order valence-corrected chi connectivity index (χ2v) is 4.21. The maximum Gasteiger partial charge on any atom is 0.337 e. The smallest absolute Gasteiger partial charge is 0.337 e. The summed E-state index contributed by atoms with van der Waals surface area (Å²) in [5.41, 5.74) is 6.42. The molecule has 0 fully saturated rings.